The van der Waals surface area contributed by atoms with E-state index in [0.717, 1.165) is 6.42 Å². The van der Waals surface area contributed by atoms with Crippen molar-refractivity contribution in [3.8, 4) is 0 Å². The van der Waals surface area contributed by atoms with E-state index in [9.17, 15) is 9.18 Å². The first-order valence-electron chi connectivity index (χ1n) is 6.82. The first kappa shape index (κ1) is 15.4. The molecule has 114 valence electrons. The van der Waals surface area contributed by atoms with Crippen molar-refractivity contribution in [2.24, 2.45) is 0 Å². The van der Waals surface area contributed by atoms with Gasteiger partial charge in [0, 0.05) is 11.6 Å². The van der Waals surface area contributed by atoms with Gasteiger partial charge in [-0.1, -0.05) is 6.92 Å². The third kappa shape index (κ3) is 3.78. The van der Waals surface area contributed by atoms with E-state index in [-0.39, 0.29) is 18.2 Å². The Morgan fingerprint density at radius 2 is 2.29 bits per heavy atom. The van der Waals surface area contributed by atoms with Crippen molar-refractivity contribution in [1.82, 2.24) is 10.3 Å². The van der Waals surface area contributed by atoms with Crippen molar-refractivity contribution in [2.45, 2.75) is 38.8 Å². The van der Waals surface area contributed by atoms with Crippen LogP contribution in [0.15, 0.2) is 22.6 Å². The van der Waals surface area contributed by atoms with Crippen LogP contribution in [0.4, 0.5) is 4.39 Å². The standard InChI is InChI=1S/C15H19FN2O3/c1-4-15(2,8-14(19)20-3)17-9-13-18-11-6-5-10(16)7-12(11)21-13/h5-7,17H,4,8-9H2,1-3H3/t15-/m0/s1. The van der Waals surface area contributed by atoms with Gasteiger partial charge in [-0.3, -0.25) is 4.79 Å². The fourth-order valence-electron chi connectivity index (χ4n) is 2.01. The SMILES string of the molecule is CC[C@@](C)(CC(=O)OC)NCc1nc2ccc(F)cc2o1. The minimum atomic E-state index is -0.404. The van der Waals surface area contributed by atoms with E-state index in [1.54, 1.807) is 6.07 Å². The number of carbonyl (C=O) groups excluding carboxylic acids is 1. The lowest BCUT2D eigenvalue weighted by molar-refractivity contribution is -0.142. The second-order valence-corrected chi connectivity index (χ2v) is 5.24. The van der Waals surface area contributed by atoms with Crippen molar-refractivity contribution in [2.75, 3.05) is 7.11 Å². The zero-order valence-electron chi connectivity index (χ0n) is 12.4. The molecule has 0 unspecified atom stereocenters. The normalized spacial score (nSPS) is 14.1. The van der Waals surface area contributed by atoms with Crippen molar-refractivity contribution in [3.05, 3.63) is 29.9 Å². The van der Waals surface area contributed by atoms with Crippen LogP contribution >= 0.6 is 0 Å². The second kappa shape index (κ2) is 6.22. The van der Waals surface area contributed by atoms with Gasteiger partial charge in [-0.05, 0) is 25.5 Å². The number of oxazole rings is 1. The Labute approximate surface area is 122 Å². The number of nitrogens with one attached hydrogen (secondary N) is 1. The Bertz CT molecular complexity index is 641. The van der Waals surface area contributed by atoms with Gasteiger partial charge in [0.05, 0.1) is 20.1 Å². The highest BCUT2D eigenvalue weighted by Crippen LogP contribution is 2.19. The number of hydrogen-bond acceptors (Lipinski definition) is 5. The summed E-state index contributed by atoms with van der Waals surface area (Å²) in [5.74, 6) is -0.172. The van der Waals surface area contributed by atoms with Gasteiger partial charge < -0.3 is 14.5 Å². The molecule has 0 aliphatic carbocycles. The summed E-state index contributed by atoms with van der Waals surface area (Å²) < 4.78 is 23.3. The fraction of sp³-hybridized carbons (Fsp3) is 0.467. The Morgan fingerprint density at radius 1 is 1.52 bits per heavy atom. The molecule has 0 amide bonds. The molecule has 0 aliphatic heterocycles. The molecule has 0 saturated carbocycles. The number of carbonyl (C=O) groups is 1. The number of halogens is 1. The molecule has 0 saturated heterocycles. The van der Waals surface area contributed by atoms with Crippen LogP contribution in [-0.4, -0.2) is 23.6 Å². The van der Waals surface area contributed by atoms with Crippen LogP contribution in [-0.2, 0) is 16.1 Å². The van der Waals surface area contributed by atoms with Gasteiger partial charge in [0.1, 0.15) is 11.3 Å². The van der Waals surface area contributed by atoms with Gasteiger partial charge in [-0.25, -0.2) is 9.37 Å². The number of fused-ring (bicyclic) bond motifs is 1. The second-order valence-electron chi connectivity index (χ2n) is 5.24. The molecule has 1 atom stereocenters. The first-order valence-corrected chi connectivity index (χ1v) is 6.82. The highest BCUT2D eigenvalue weighted by atomic mass is 19.1. The molecule has 2 aromatic rings. The Balaban J connectivity index is 2.07. The number of ether oxygens (including phenoxy) is 1. The zero-order chi connectivity index (χ0) is 15.5. The van der Waals surface area contributed by atoms with E-state index in [0.29, 0.717) is 23.5 Å². The number of rotatable bonds is 6. The lowest BCUT2D eigenvalue weighted by Gasteiger charge is -2.27. The summed E-state index contributed by atoms with van der Waals surface area (Å²) in [6.45, 7) is 4.28. The molecule has 21 heavy (non-hydrogen) atoms. The Morgan fingerprint density at radius 3 is 2.95 bits per heavy atom. The van der Waals surface area contributed by atoms with Gasteiger partial charge >= 0.3 is 5.97 Å². The molecule has 5 nitrogen and oxygen atoms in total. The summed E-state index contributed by atoms with van der Waals surface area (Å²) >= 11 is 0. The van der Waals surface area contributed by atoms with E-state index < -0.39 is 5.54 Å². The van der Waals surface area contributed by atoms with Crippen molar-refractivity contribution in [1.29, 1.82) is 0 Å². The highest BCUT2D eigenvalue weighted by Gasteiger charge is 2.26. The molecular weight excluding hydrogens is 275 g/mol. The summed E-state index contributed by atoms with van der Waals surface area (Å²) in [6.07, 6.45) is 1.01. The molecule has 1 aromatic carbocycles. The molecule has 1 heterocycles. The Hall–Kier alpha value is -1.95. The zero-order valence-corrected chi connectivity index (χ0v) is 12.4. The van der Waals surface area contributed by atoms with Gasteiger partial charge in [0.2, 0.25) is 5.89 Å². The van der Waals surface area contributed by atoms with Crippen molar-refractivity contribution >= 4 is 17.1 Å². The summed E-state index contributed by atoms with van der Waals surface area (Å²) in [5.41, 5.74) is 0.622. The minimum Gasteiger partial charge on any atom is -0.469 e. The van der Waals surface area contributed by atoms with Gasteiger partial charge in [-0.15, -0.1) is 0 Å². The largest absolute Gasteiger partial charge is 0.469 e. The molecule has 0 radical (unpaired) electrons. The molecule has 2 rings (SSSR count). The van der Waals surface area contributed by atoms with Crippen LogP contribution in [0.25, 0.3) is 11.1 Å². The van der Waals surface area contributed by atoms with Gasteiger partial charge in [-0.2, -0.15) is 0 Å². The van der Waals surface area contributed by atoms with Crippen LogP contribution in [0.5, 0.6) is 0 Å². The van der Waals surface area contributed by atoms with Crippen LogP contribution in [0.3, 0.4) is 0 Å². The molecule has 1 N–H and O–H groups in total. The molecule has 0 fully saturated rings. The summed E-state index contributed by atoms with van der Waals surface area (Å²) in [4.78, 5) is 15.7. The van der Waals surface area contributed by atoms with E-state index in [2.05, 4.69) is 10.3 Å². The minimum absolute atomic E-state index is 0.259. The molecule has 1 aromatic heterocycles. The number of hydrogen-bond donors (Lipinski definition) is 1. The molecular formula is C15H19FN2O3. The lowest BCUT2D eigenvalue weighted by Crippen LogP contribution is -2.43. The summed E-state index contributed by atoms with van der Waals surface area (Å²) in [5, 5.41) is 3.25. The third-order valence-electron chi connectivity index (χ3n) is 3.60. The van der Waals surface area contributed by atoms with E-state index in [1.165, 1.54) is 19.2 Å². The molecule has 0 spiro atoms. The fourth-order valence-corrected chi connectivity index (χ4v) is 2.01. The Kier molecular flexibility index (Phi) is 4.57. The van der Waals surface area contributed by atoms with E-state index >= 15 is 0 Å². The average molecular weight is 294 g/mol. The quantitative estimate of drug-likeness (QED) is 0.830. The van der Waals surface area contributed by atoms with Gasteiger partial charge in [0.25, 0.3) is 0 Å². The molecule has 0 bridgehead atoms. The predicted octanol–water partition coefficient (Wildman–Crippen LogP) is 2.79. The predicted molar refractivity (Wildman–Crippen MR) is 76.1 cm³/mol. The van der Waals surface area contributed by atoms with Crippen LogP contribution < -0.4 is 5.32 Å². The van der Waals surface area contributed by atoms with Crippen LogP contribution in [0, 0.1) is 5.82 Å². The summed E-state index contributed by atoms with van der Waals surface area (Å²) in [7, 11) is 1.37. The number of aromatic nitrogens is 1. The number of methoxy groups -OCH3 is 1. The number of benzene rings is 1. The van der Waals surface area contributed by atoms with Crippen LogP contribution in [0.1, 0.15) is 32.6 Å². The highest BCUT2D eigenvalue weighted by molar-refractivity contribution is 5.72. The van der Waals surface area contributed by atoms with Crippen molar-refractivity contribution in [3.63, 3.8) is 0 Å². The topological polar surface area (TPSA) is 64.4 Å². The average Bonchev–Trinajstić information content (AvgIpc) is 2.87. The molecule has 0 aliphatic rings. The number of esters is 1. The summed E-state index contributed by atoms with van der Waals surface area (Å²) in [6, 6.07) is 4.22. The third-order valence-corrected chi connectivity index (χ3v) is 3.60. The number of nitrogens with zero attached hydrogens (tertiary/aromatic N) is 1. The van der Waals surface area contributed by atoms with E-state index in [1.807, 2.05) is 13.8 Å². The maximum Gasteiger partial charge on any atom is 0.307 e. The van der Waals surface area contributed by atoms with Crippen molar-refractivity contribution < 1.29 is 18.3 Å². The smallest absolute Gasteiger partial charge is 0.307 e. The maximum absolute atomic E-state index is 13.1. The van der Waals surface area contributed by atoms with Gasteiger partial charge in [0.15, 0.2) is 5.58 Å². The van der Waals surface area contributed by atoms with Crippen LogP contribution in [0.2, 0.25) is 0 Å². The molecule has 6 heteroatoms. The van der Waals surface area contributed by atoms with E-state index in [4.69, 9.17) is 9.15 Å². The maximum atomic E-state index is 13.1. The first-order chi connectivity index (χ1) is 9.95. The lowest BCUT2D eigenvalue weighted by atomic mass is 9.94. The monoisotopic (exact) mass is 294 g/mol.